The summed E-state index contributed by atoms with van der Waals surface area (Å²) in [6.45, 7) is 5.08. The number of benzene rings is 1. The first-order valence-electron chi connectivity index (χ1n) is 4.07. The number of allylic oxidation sites excluding steroid dienone is 1. The van der Waals surface area contributed by atoms with Gasteiger partial charge in [-0.1, -0.05) is 6.58 Å². The maximum absolute atomic E-state index is 12.8. The Hall–Kier alpha value is -1.64. The number of ether oxygens (including phenoxy) is 1. The highest BCUT2D eigenvalue weighted by Crippen LogP contribution is 2.18. The Labute approximate surface area is 81.3 Å². The standard InChI is InChI=1S/C11H10F2O/c1-3-11(14-4-2)8-5-9(12)7-10(13)6-8/h3-7H,2H2,1H3/b11-3-. The molecule has 0 aliphatic heterocycles. The van der Waals surface area contributed by atoms with Crippen LogP contribution in [0.3, 0.4) is 0 Å². The van der Waals surface area contributed by atoms with Crippen molar-refractivity contribution in [2.24, 2.45) is 0 Å². The molecule has 3 heteroatoms. The van der Waals surface area contributed by atoms with Crippen LogP contribution in [0.4, 0.5) is 8.78 Å². The summed E-state index contributed by atoms with van der Waals surface area (Å²) in [6.07, 6.45) is 2.81. The summed E-state index contributed by atoms with van der Waals surface area (Å²) in [5.41, 5.74) is 0.352. The molecule has 0 spiro atoms. The van der Waals surface area contributed by atoms with Gasteiger partial charge in [0.25, 0.3) is 0 Å². The fraction of sp³-hybridized carbons (Fsp3) is 0.0909. The van der Waals surface area contributed by atoms with Crippen LogP contribution in [0.1, 0.15) is 12.5 Å². The second-order valence-electron chi connectivity index (χ2n) is 2.60. The lowest BCUT2D eigenvalue weighted by Crippen LogP contribution is -1.89. The van der Waals surface area contributed by atoms with Crippen molar-refractivity contribution in [1.29, 1.82) is 0 Å². The molecule has 0 aliphatic carbocycles. The SMILES string of the molecule is C=CO/C(=C\C)c1cc(F)cc(F)c1. The summed E-state index contributed by atoms with van der Waals surface area (Å²) in [5, 5.41) is 0. The van der Waals surface area contributed by atoms with Crippen molar-refractivity contribution in [3.63, 3.8) is 0 Å². The molecule has 14 heavy (non-hydrogen) atoms. The van der Waals surface area contributed by atoms with E-state index in [9.17, 15) is 8.78 Å². The quantitative estimate of drug-likeness (QED) is 0.672. The first-order valence-corrected chi connectivity index (χ1v) is 4.07. The Kier molecular flexibility index (Phi) is 3.40. The minimum absolute atomic E-state index is 0.352. The molecule has 0 aromatic heterocycles. The Morgan fingerprint density at radius 2 is 1.86 bits per heavy atom. The van der Waals surface area contributed by atoms with Crippen molar-refractivity contribution >= 4 is 5.76 Å². The molecule has 74 valence electrons. The van der Waals surface area contributed by atoms with E-state index in [0.29, 0.717) is 11.3 Å². The highest BCUT2D eigenvalue weighted by molar-refractivity contribution is 5.59. The lowest BCUT2D eigenvalue weighted by Gasteiger charge is -2.05. The molecule has 1 nitrogen and oxygen atoms in total. The zero-order chi connectivity index (χ0) is 10.6. The molecule has 0 fully saturated rings. The van der Waals surface area contributed by atoms with Crippen LogP contribution in [-0.2, 0) is 4.74 Å². The zero-order valence-corrected chi connectivity index (χ0v) is 7.76. The molecule has 0 aliphatic rings. The normalized spacial score (nSPS) is 11.2. The Morgan fingerprint density at radius 3 is 2.29 bits per heavy atom. The average Bonchev–Trinajstić information content (AvgIpc) is 2.12. The van der Waals surface area contributed by atoms with Crippen LogP contribution in [0.15, 0.2) is 37.1 Å². The molecule has 0 unspecified atom stereocenters. The first-order chi connectivity index (χ1) is 6.67. The van der Waals surface area contributed by atoms with Gasteiger partial charge in [0.05, 0.1) is 6.26 Å². The fourth-order valence-corrected chi connectivity index (χ4v) is 1.09. The zero-order valence-electron chi connectivity index (χ0n) is 7.76. The maximum atomic E-state index is 12.8. The minimum atomic E-state index is -0.632. The van der Waals surface area contributed by atoms with Crippen LogP contribution in [0, 0.1) is 11.6 Å². The van der Waals surface area contributed by atoms with E-state index in [4.69, 9.17) is 4.74 Å². The summed E-state index contributed by atoms with van der Waals surface area (Å²) >= 11 is 0. The Morgan fingerprint density at radius 1 is 1.29 bits per heavy atom. The topological polar surface area (TPSA) is 9.23 Å². The first kappa shape index (κ1) is 10.4. The highest BCUT2D eigenvalue weighted by atomic mass is 19.1. The molecule has 0 bridgehead atoms. The van der Waals surface area contributed by atoms with Gasteiger partial charge in [0.15, 0.2) is 0 Å². The van der Waals surface area contributed by atoms with E-state index in [1.807, 2.05) is 0 Å². The van der Waals surface area contributed by atoms with Crippen LogP contribution in [-0.4, -0.2) is 0 Å². The molecule has 1 aromatic carbocycles. The summed E-state index contributed by atoms with van der Waals surface area (Å²) < 4.78 is 30.6. The molecule has 1 aromatic rings. The van der Waals surface area contributed by atoms with Crippen LogP contribution >= 0.6 is 0 Å². The molecule has 0 saturated heterocycles. The van der Waals surface area contributed by atoms with Gasteiger partial charge in [-0.15, -0.1) is 0 Å². The van der Waals surface area contributed by atoms with Crippen molar-refractivity contribution in [3.8, 4) is 0 Å². The predicted octanol–water partition coefficient (Wildman–Crippen LogP) is 3.49. The van der Waals surface area contributed by atoms with Gasteiger partial charge in [-0.25, -0.2) is 8.78 Å². The molecule has 0 N–H and O–H groups in total. The van der Waals surface area contributed by atoms with Crippen molar-refractivity contribution in [3.05, 3.63) is 54.3 Å². The van der Waals surface area contributed by atoms with Crippen molar-refractivity contribution in [2.45, 2.75) is 6.92 Å². The number of hydrogen-bond donors (Lipinski definition) is 0. The van der Waals surface area contributed by atoms with Crippen LogP contribution in [0.2, 0.25) is 0 Å². The maximum Gasteiger partial charge on any atom is 0.129 e. The smallest absolute Gasteiger partial charge is 0.129 e. The van der Waals surface area contributed by atoms with E-state index in [2.05, 4.69) is 6.58 Å². The van der Waals surface area contributed by atoms with E-state index in [-0.39, 0.29) is 0 Å². The van der Waals surface area contributed by atoms with E-state index in [0.717, 1.165) is 6.07 Å². The van der Waals surface area contributed by atoms with Gasteiger partial charge in [0.2, 0.25) is 0 Å². The Balaban J connectivity index is 3.10. The van der Waals surface area contributed by atoms with Gasteiger partial charge < -0.3 is 4.74 Å². The number of rotatable bonds is 3. The molecule has 0 saturated carbocycles. The van der Waals surface area contributed by atoms with E-state index < -0.39 is 11.6 Å². The van der Waals surface area contributed by atoms with E-state index in [1.165, 1.54) is 18.4 Å². The van der Waals surface area contributed by atoms with Crippen LogP contribution in [0.25, 0.3) is 5.76 Å². The second-order valence-corrected chi connectivity index (χ2v) is 2.60. The predicted molar refractivity (Wildman–Crippen MR) is 51.3 cm³/mol. The van der Waals surface area contributed by atoms with Crippen molar-refractivity contribution < 1.29 is 13.5 Å². The van der Waals surface area contributed by atoms with Gasteiger partial charge in [-0.3, -0.25) is 0 Å². The third-order valence-electron chi connectivity index (χ3n) is 1.62. The van der Waals surface area contributed by atoms with Gasteiger partial charge in [-0.2, -0.15) is 0 Å². The van der Waals surface area contributed by atoms with Crippen LogP contribution < -0.4 is 0 Å². The lowest BCUT2D eigenvalue weighted by molar-refractivity contribution is 0.436. The molecular weight excluding hydrogens is 186 g/mol. The summed E-state index contributed by atoms with van der Waals surface area (Å²) in [4.78, 5) is 0. The average molecular weight is 196 g/mol. The monoisotopic (exact) mass is 196 g/mol. The lowest BCUT2D eigenvalue weighted by atomic mass is 10.1. The highest BCUT2D eigenvalue weighted by Gasteiger charge is 2.05. The fourth-order valence-electron chi connectivity index (χ4n) is 1.09. The third-order valence-corrected chi connectivity index (χ3v) is 1.62. The third kappa shape index (κ3) is 2.42. The molecule has 1 rings (SSSR count). The molecule has 0 radical (unpaired) electrons. The minimum Gasteiger partial charge on any atom is -0.465 e. The molecule has 0 heterocycles. The van der Waals surface area contributed by atoms with E-state index in [1.54, 1.807) is 13.0 Å². The van der Waals surface area contributed by atoms with Crippen molar-refractivity contribution in [1.82, 2.24) is 0 Å². The summed E-state index contributed by atoms with van der Waals surface area (Å²) in [7, 11) is 0. The number of halogens is 2. The molecule has 0 atom stereocenters. The second kappa shape index (κ2) is 4.56. The van der Waals surface area contributed by atoms with Gasteiger partial charge in [0, 0.05) is 11.6 Å². The Bertz CT molecular complexity index is 349. The van der Waals surface area contributed by atoms with Gasteiger partial charge in [0.1, 0.15) is 17.4 Å². The molecule has 0 amide bonds. The van der Waals surface area contributed by atoms with Crippen molar-refractivity contribution in [2.75, 3.05) is 0 Å². The van der Waals surface area contributed by atoms with Gasteiger partial charge >= 0.3 is 0 Å². The summed E-state index contributed by atoms with van der Waals surface area (Å²) in [5.74, 6) is -0.891. The summed E-state index contributed by atoms with van der Waals surface area (Å²) in [6, 6.07) is 3.20. The largest absolute Gasteiger partial charge is 0.465 e. The van der Waals surface area contributed by atoms with Gasteiger partial charge in [-0.05, 0) is 25.1 Å². The number of hydrogen-bond acceptors (Lipinski definition) is 1. The van der Waals surface area contributed by atoms with Crippen LogP contribution in [0.5, 0.6) is 0 Å². The molecular formula is C11H10F2O. The van der Waals surface area contributed by atoms with E-state index >= 15 is 0 Å².